The number of carbonyl (C=O) groups excluding carboxylic acids is 3. The molecule has 7 heteroatoms. The Morgan fingerprint density at radius 1 is 1.22 bits per heavy atom. The predicted molar refractivity (Wildman–Crippen MR) is 106 cm³/mol. The van der Waals surface area contributed by atoms with Crippen LogP contribution in [0.2, 0.25) is 0 Å². The minimum atomic E-state index is -1.17. The van der Waals surface area contributed by atoms with Crippen LogP contribution >= 0.6 is 15.9 Å². The van der Waals surface area contributed by atoms with Crippen molar-refractivity contribution in [2.45, 2.75) is 63.5 Å². The number of carbonyl (C=O) groups is 3. The summed E-state index contributed by atoms with van der Waals surface area (Å²) in [7, 11) is 0. The molecule has 0 bridgehead atoms. The van der Waals surface area contributed by atoms with Gasteiger partial charge in [-0.3, -0.25) is 14.5 Å². The molecule has 1 aromatic carbocycles. The SMILES string of the molecule is C[C@@]1(c2cccc(Br)c2)NC(=O)N(CC(=O)NC2CCCCCCC2)C1=O. The fourth-order valence-electron chi connectivity index (χ4n) is 3.85. The number of halogens is 1. The molecule has 1 aliphatic carbocycles. The zero-order valence-electron chi connectivity index (χ0n) is 15.6. The standard InChI is InChI=1S/C20H26BrN3O3/c1-20(14-8-7-9-15(21)12-14)18(26)24(19(27)23-20)13-17(25)22-16-10-5-3-2-4-6-11-16/h7-9,12,16H,2-6,10-11,13H2,1H3,(H,22,25)(H,23,27)/t20-/m0/s1. The summed E-state index contributed by atoms with van der Waals surface area (Å²) in [4.78, 5) is 38.8. The maximum Gasteiger partial charge on any atom is 0.325 e. The Bertz CT molecular complexity index is 731. The van der Waals surface area contributed by atoms with E-state index in [4.69, 9.17) is 0 Å². The minimum absolute atomic E-state index is 0.134. The zero-order valence-corrected chi connectivity index (χ0v) is 17.2. The van der Waals surface area contributed by atoms with Gasteiger partial charge in [-0.25, -0.2) is 4.79 Å². The second-order valence-electron chi connectivity index (χ2n) is 7.57. The van der Waals surface area contributed by atoms with E-state index in [9.17, 15) is 14.4 Å². The van der Waals surface area contributed by atoms with Crippen LogP contribution in [0.25, 0.3) is 0 Å². The lowest BCUT2D eigenvalue weighted by Gasteiger charge is -2.23. The van der Waals surface area contributed by atoms with E-state index in [1.54, 1.807) is 19.1 Å². The molecule has 4 amide bonds. The topological polar surface area (TPSA) is 78.5 Å². The van der Waals surface area contributed by atoms with Gasteiger partial charge in [0.05, 0.1) is 0 Å². The maximum atomic E-state index is 12.9. The van der Waals surface area contributed by atoms with E-state index < -0.39 is 17.5 Å². The molecule has 0 spiro atoms. The van der Waals surface area contributed by atoms with Gasteiger partial charge in [-0.2, -0.15) is 0 Å². The van der Waals surface area contributed by atoms with E-state index in [0.29, 0.717) is 5.56 Å². The van der Waals surface area contributed by atoms with Crippen LogP contribution in [0.3, 0.4) is 0 Å². The molecule has 2 N–H and O–H groups in total. The first kappa shape index (κ1) is 19.9. The van der Waals surface area contributed by atoms with Crippen LogP contribution in [0.5, 0.6) is 0 Å². The van der Waals surface area contributed by atoms with Crippen molar-refractivity contribution in [1.82, 2.24) is 15.5 Å². The van der Waals surface area contributed by atoms with E-state index >= 15 is 0 Å². The third-order valence-corrected chi connectivity index (χ3v) is 5.94. The summed E-state index contributed by atoms with van der Waals surface area (Å²) in [5.41, 5.74) is -0.486. The van der Waals surface area contributed by atoms with Crippen molar-refractivity contribution in [1.29, 1.82) is 0 Å². The smallest absolute Gasteiger partial charge is 0.325 e. The second-order valence-corrected chi connectivity index (χ2v) is 8.48. The molecule has 0 radical (unpaired) electrons. The lowest BCUT2D eigenvalue weighted by Crippen LogP contribution is -2.45. The summed E-state index contributed by atoms with van der Waals surface area (Å²) >= 11 is 3.39. The maximum absolute atomic E-state index is 12.9. The Labute approximate surface area is 168 Å². The van der Waals surface area contributed by atoms with Gasteiger partial charge in [0, 0.05) is 10.5 Å². The van der Waals surface area contributed by atoms with E-state index in [2.05, 4.69) is 26.6 Å². The molecule has 1 heterocycles. The van der Waals surface area contributed by atoms with Crippen molar-refractivity contribution >= 4 is 33.8 Å². The van der Waals surface area contributed by atoms with Crippen LogP contribution in [0.1, 0.15) is 57.4 Å². The fraction of sp³-hybridized carbons (Fsp3) is 0.550. The average Bonchev–Trinajstić information content (AvgIpc) is 2.81. The van der Waals surface area contributed by atoms with Crippen molar-refractivity contribution in [3.8, 4) is 0 Å². The minimum Gasteiger partial charge on any atom is -0.352 e. The third kappa shape index (κ3) is 4.51. The molecule has 1 saturated heterocycles. The molecular formula is C20H26BrN3O3. The molecule has 1 atom stereocenters. The highest BCUT2D eigenvalue weighted by Crippen LogP contribution is 2.30. The van der Waals surface area contributed by atoms with Gasteiger partial charge in [0.1, 0.15) is 12.1 Å². The van der Waals surface area contributed by atoms with E-state index in [1.807, 2.05) is 12.1 Å². The highest BCUT2D eigenvalue weighted by Gasteiger charge is 2.49. The van der Waals surface area contributed by atoms with Gasteiger partial charge in [-0.1, -0.05) is 60.2 Å². The quantitative estimate of drug-likeness (QED) is 0.710. The Kier molecular flexibility index (Phi) is 6.19. The first-order chi connectivity index (χ1) is 12.9. The Hall–Kier alpha value is -1.89. The summed E-state index contributed by atoms with van der Waals surface area (Å²) < 4.78 is 0.823. The van der Waals surface area contributed by atoms with Crippen LogP contribution < -0.4 is 10.6 Å². The van der Waals surface area contributed by atoms with Gasteiger partial charge in [0.15, 0.2) is 0 Å². The number of nitrogens with one attached hydrogen (secondary N) is 2. The Balaban J connectivity index is 1.65. The van der Waals surface area contributed by atoms with E-state index in [-0.39, 0.29) is 18.5 Å². The molecular weight excluding hydrogens is 410 g/mol. The number of benzene rings is 1. The van der Waals surface area contributed by atoms with Crippen molar-refractivity contribution in [3.63, 3.8) is 0 Å². The van der Waals surface area contributed by atoms with E-state index in [0.717, 1.165) is 35.1 Å². The van der Waals surface area contributed by atoms with Crippen LogP contribution in [0.4, 0.5) is 4.79 Å². The third-order valence-electron chi connectivity index (χ3n) is 5.45. The molecule has 6 nitrogen and oxygen atoms in total. The van der Waals surface area contributed by atoms with Gasteiger partial charge >= 0.3 is 6.03 Å². The molecule has 1 aromatic rings. The summed E-state index contributed by atoms with van der Waals surface area (Å²) in [5.74, 6) is -0.680. The first-order valence-corrected chi connectivity index (χ1v) is 10.4. The fourth-order valence-corrected chi connectivity index (χ4v) is 4.25. The molecule has 0 aromatic heterocycles. The molecule has 27 heavy (non-hydrogen) atoms. The summed E-state index contributed by atoms with van der Waals surface area (Å²) in [6, 6.07) is 6.87. The molecule has 2 fully saturated rings. The average molecular weight is 436 g/mol. The number of amides is 4. The van der Waals surface area contributed by atoms with Crippen LogP contribution in [0, 0.1) is 0 Å². The molecule has 3 rings (SSSR count). The molecule has 2 aliphatic rings. The van der Waals surface area contributed by atoms with Crippen LogP contribution in [-0.2, 0) is 15.1 Å². The number of hydrogen-bond acceptors (Lipinski definition) is 3. The predicted octanol–water partition coefficient (Wildman–Crippen LogP) is 3.45. The van der Waals surface area contributed by atoms with Crippen molar-refractivity contribution in [2.24, 2.45) is 0 Å². The molecule has 1 aliphatic heterocycles. The first-order valence-electron chi connectivity index (χ1n) is 9.59. The number of urea groups is 1. The van der Waals surface area contributed by atoms with Crippen molar-refractivity contribution in [2.75, 3.05) is 6.54 Å². The van der Waals surface area contributed by atoms with Crippen LogP contribution in [-0.4, -0.2) is 35.3 Å². The lowest BCUT2D eigenvalue weighted by molar-refractivity contribution is -0.135. The largest absolute Gasteiger partial charge is 0.352 e. The van der Waals surface area contributed by atoms with Gasteiger partial charge in [0.25, 0.3) is 5.91 Å². The summed E-state index contributed by atoms with van der Waals surface area (Å²) in [5, 5.41) is 5.75. The lowest BCUT2D eigenvalue weighted by atomic mass is 9.92. The number of nitrogens with zero attached hydrogens (tertiary/aromatic N) is 1. The van der Waals surface area contributed by atoms with Gasteiger partial charge < -0.3 is 10.6 Å². The highest BCUT2D eigenvalue weighted by molar-refractivity contribution is 9.10. The van der Waals surface area contributed by atoms with Crippen molar-refractivity contribution < 1.29 is 14.4 Å². The Morgan fingerprint density at radius 3 is 2.56 bits per heavy atom. The molecule has 0 unspecified atom stereocenters. The van der Waals surface area contributed by atoms with Crippen molar-refractivity contribution in [3.05, 3.63) is 34.3 Å². The molecule has 146 valence electrons. The monoisotopic (exact) mass is 435 g/mol. The number of imide groups is 1. The Morgan fingerprint density at radius 2 is 1.89 bits per heavy atom. The second kappa shape index (κ2) is 8.42. The van der Waals surface area contributed by atoms with Gasteiger partial charge in [0.2, 0.25) is 5.91 Å². The highest BCUT2D eigenvalue weighted by atomic mass is 79.9. The summed E-state index contributed by atoms with van der Waals surface area (Å²) in [6.45, 7) is 1.42. The van der Waals surface area contributed by atoms with E-state index in [1.165, 1.54) is 19.3 Å². The van der Waals surface area contributed by atoms with Gasteiger partial charge in [-0.15, -0.1) is 0 Å². The number of rotatable bonds is 4. The normalized spacial score (nSPS) is 24.3. The van der Waals surface area contributed by atoms with Crippen LogP contribution in [0.15, 0.2) is 28.7 Å². The van der Waals surface area contributed by atoms with Gasteiger partial charge in [-0.05, 0) is 37.5 Å². The number of hydrogen-bond donors (Lipinski definition) is 2. The zero-order chi connectivity index (χ0) is 19.4. The summed E-state index contributed by atoms with van der Waals surface area (Å²) in [6.07, 6.45) is 7.79. The molecule has 1 saturated carbocycles.